The Morgan fingerprint density at radius 1 is 1.23 bits per heavy atom. The predicted molar refractivity (Wildman–Crippen MR) is 107 cm³/mol. The quantitative estimate of drug-likeness (QED) is 0.405. The van der Waals surface area contributed by atoms with Crippen LogP contribution in [0.2, 0.25) is 0 Å². The number of ether oxygens (including phenoxy) is 1. The molecule has 1 heterocycles. The van der Waals surface area contributed by atoms with E-state index in [1.54, 1.807) is 0 Å². The first kappa shape index (κ1) is 22.0. The number of nitriles is 1. The van der Waals surface area contributed by atoms with E-state index in [2.05, 4.69) is 23.0 Å². The molecule has 1 aromatic carbocycles. The van der Waals surface area contributed by atoms with Gasteiger partial charge in [0.2, 0.25) is 11.6 Å². The number of benzene rings is 1. The normalized spacial score (nSPS) is 15.2. The van der Waals surface area contributed by atoms with Crippen LogP contribution in [0.25, 0.3) is 0 Å². The standard InChI is InChI=1S/C19H15F4N3O2S2/c1-7-3-4-8-9(6-24)18(30-10(8)5-7)26-19(29)25-17(27)11-12(20)14(22)16(28-2)15(23)13(11)21/h7H,3-5H2,1-2H3,(H2,25,26,27,29). The average Bonchev–Trinajstić information content (AvgIpc) is 3.02. The monoisotopic (exact) mass is 457 g/mol. The molecule has 1 atom stereocenters. The van der Waals surface area contributed by atoms with Crippen molar-refractivity contribution in [2.75, 3.05) is 12.4 Å². The second-order valence-electron chi connectivity index (χ2n) is 6.74. The van der Waals surface area contributed by atoms with Crippen LogP contribution in [0.5, 0.6) is 5.75 Å². The van der Waals surface area contributed by atoms with Gasteiger partial charge in [0.1, 0.15) is 16.6 Å². The second kappa shape index (κ2) is 8.57. The molecular formula is C19H15F4N3O2S2. The van der Waals surface area contributed by atoms with Crippen molar-refractivity contribution in [3.05, 3.63) is 44.8 Å². The third-order valence-corrected chi connectivity index (χ3v) is 6.11. The Morgan fingerprint density at radius 3 is 2.43 bits per heavy atom. The van der Waals surface area contributed by atoms with Crippen LogP contribution in [0.3, 0.4) is 0 Å². The van der Waals surface area contributed by atoms with Crippen molar-refractivity contribution in [3.63, 3.8) is 0 Å². The van der Waals surface area contributed by atoms with Gasteiger partial charge in [-0.05, 0) is 43.0 Å². The van der Waals surface area contributed by atoms with Gasteiger partial charge in [-0.25, -0.2) is 8.78 Å². The number of thiocarbonyl (C=S) groups is 1. The number of fused-ring (bicyclic) bond motifs is 1. The number of hydrogen-bond donors (Lipinski definition) is 2. The lowest BCUT2D eigenvalue weighted by Crippen LogP contribution is -2.35. The first-order valence-corrected chi connectivity index (χ1v) is 9.98. The number of methoxy groups -OCH3 is 1. The third-order valence-electron chi connectivity index (χ3n) is 4.73. The minimum Gasteiger partial charge on any atom is -0.491 e. The summed E-state index contributed by atoms with van der Waals surface area (Å²) < 4.78 is 60.2. The number of nitrogens with zero attached hydrogens (tertiary/aromatic N) is 1. The first-order chi connectivity index (χ1) is 14.2. The van der Waals surface area contributed by atoms with E-state index in [1.807, 2.05) is 5.32 Å². The molecule has 158 valence electrons. The van der Waals surface area contributed by atoms with Crippen molar-refractivity contribution in [2.24, 2.45) is 5.92 Å². The molecule has 1 unspecified atom stereocenters. The number of rotatable bonds is 3. The summed E-state index contributed by atoms with van der Waals surface area (Å²) in [6.07, 6.45) is 2.47. The SMILES string of the molecule is COc1c(F)c(F)c(C(=O)NC(=S)Nc2sc3c(c2C#N)CCC(C)C3)c(F)c1F. The van der Waals surface area contributed by atoms with Gasteiger partial charge >= 0.3 is 0 Å². The molecular weight excluding hydrogens is 442 g/mol. The number of amides is 1. The van der Waals surface area contributed by atoms with Crippen molar-refractivity contribution in [1.29, 1.82) is 5.26 Å². The molecule has 0 spiro atoms. The van der Waals surface area contributed by atoms with Gasteiger partial charge in [0.15, 0.2) is 22.5 Å². The number of thiophene rings is 1. The zero-order valence-corrected chi connectivity index (χ0v) is 17.4. The summed E-state index contributed by atoms with van der Waals surface area (Å²) >= 11 is 6.28. The first-order valence-electron chi connectivity index (χ1n) is 8.76. The zero-order valence-electron chi connectivity index (χ0n) is 15.8. The smallest absolute Gasteiger partial charge is 0.263 e. The van der Waals surface area contributed by atoms with Crippen molar-refractivity contribution in [3.8, 4) is 11.8 Å². The van der Waals surface area contributed by atoms with Gasteiger partial charge in [-0.15, -0.1) is 11.3 Å². The summed E-state index contributed by atoms with van der Waals surface area (Å²) in [4.78, 5) is 13.3. The molecule has 1 aliphatic rings. The van der Waals surface area contributed by atoms with E-state index in [0.29, 0.717) is 16.5 Å². The van der Waals surface area contributed by atoms with Gasteiger partial charge in [-0.3, -0.25) is 10.1 Å². The highest BCUT2D eigenvalue weighted by Crippen LogP contribution is 2.39. The third kappa shape index (κ3) is 3.85. The maximum atomic E-state index is 14.1. The summed E-state index contributed by atoms with van der Waals surface area (Å²) in [6.45, 7) is 2.10. The van der Waals surface area contributed by atoms with Crippen LogP contribution in [-0.2, 0) is 12.8 Å². The van der Waals surface area contributed by atoms with Gasteiger partial charge in [-0.2, -0.15) is 14.0 Å². The second-order valence-corrected chi connectivity index (χ2v) is 8.25. The molecule has 30 heavy (non-hydrogen) atoms. The Bertz CT molecular complexity index is 1070. The fraction of sp³-hybridized carbons (Fsp3) is 0.316. The number of anilines is 1. The summed E-state index contributed by atoms with van der Waals surface area (Å²) in [5.41, 5.74) is -0.180. The van der Waals surface area contributed by atoms with Gasteiger partial charge < -0.3 is 10.1 Å². The molecule has 0 bridgehead atoms. The fourth-order valence-electron chi connectivity index (χ4n) is 3.25. The van der Waals surface area contributed by atoms with Crippen molar-refractivity contribution >= 4 is 39.6 Å². The summed E-state index contributed by atoms with van der Waals surface area (Å²) in [5.74, 6) is -9.81. The van der Waals surface area contributed by atoms with E-state index in [0.717, 1.165) is 36.8 Å². The molecule has 1 aromatic heterocycles. The van der Waals surface area contributed by atoms with Gasteiger partial charge in [0.05, 0.1) is 12.7 Å². The van der Waals surface area contributed by atoms with Crippen molar-refractivity contribution in [2.45, 2.75) is 26.2 Å². The molecule has 2 N–H and O–H groups in total. The van der Waals surface area contributed by atoms with Gasteiger partial charge in [0.25, 0.3) is 5.91 Å². The number of nitrogens with one attached hydrogen (secondary N) is 2. The van der Waals surface area contributed by atoms with E-state index in [4.69, 9.17) is 12.2 Å². The van der Waals surface area contributed by atoms with E-state index in [1.165, 1.54) is 11.3 Å². The van der Waals surface area contributed by atoms with Gasteiger partial charge in [0, 0.05) is 4.88 Å². The lowest BCUT2D eigenvalue weighted by molar-refractivity contribution is 0.0966. The summed E-state index contributed by atoms with van der Waals surface area (Å²) in [6, 6.07) is 2.10. The number of halogens is 4. The van der Waals surface area contributed by atoms with Gasteiger partial charge in [-0.1, -0.05) is 6.92 Å². The molecule has 0 aliphatic heterocycles. The lowest BCUT2D eigenvalue weighted by atomic mass is 9.89. The van der Waals surface area contributed by atoms with Crippen LogP contribution in [0, 0.1) is 40.5 Å². The highest BCUT2D eigenvalue weighted by molar-refractivity contribution is 7.80. The molecule has 3 rings (SSSR count). The molecule has 0 saturated heterocycles. The number of carbonyl (C=O) groups excluding carboxylic acids is 1. The molecule has 1 aliphatic carbocycles. The zero-order chi connectivity index (χ0) is 22.2. The van der Waals surface area contributed by atoms with E-state index >= 15 is 0 Å². The Balaban J connectivity index is 1.83. The summed E-state index contributed by atoms with van der Waals surface area (Å²) in [5, 5.41) is 14.1. The molecule has 0 radical (unpaired) electrons. The van der Waals surface area contributed by atoms with Crippen LogP contribution in [0.1, 0.15) is 39.7 Å². The maximum absolute atomic E-state index is 14.1. The highest BCUT2D eigenvalue weighted by atomic mass is 32.1. The fourth-order valence-corrected chi connectivity index (χ4v) is 4.87. The Kier molecular flexibility index (Phi) is 6.28. The number of hydrogen-bond acceptors (Lipinski definition) is 5. The number of carbonyl (C=O) groups is 1. The average molecular weight is 457 g/mol. The van der Waals surface area contributed by atoms with Crippen LogP contribution in [0.4, 0.5) is 22.6 Å². The maximum Gasteiger partial charge on any atom is 0.263 e. The minimum absolute atomic E-state index is 0.376. The molecule has 11 heteroatoms. The Hall–Kier alpha value is -2.71. The summed E-state index contributed by atoms with van der Waals surface area (Å²) in [7, 11) is 0.827. The van der Waals surface area contributed by atoms with Crippen LogP contribution < -0.4 is 15.4 Å². The molecule has 0 saturated carbocycles. The largest absolute Gasteiger partial charge is 0.491 e. The Morgan fingerprint density at radius 2 is 1.87 bits per heavy atom. The van der Waals surface area contributed by atoms with Crippen LogP contribution in [-0.4, -0.2) is 18.1 Å². The molecule has 2 aromatic rings. The van der Waals surface area contributed by atoms with Crippen LogP contribution in [0.15, 0.2) is 0 Å². The minimum atomic E-state index is -1.91. The van der Waals surface area contributed by atoms with E-state index in [-0.39, 0.29) is 5.11 Å². The molecule has 0 fully saturated rings. The highest BCUT2D eigenvalue weighted by Gasteiger charge is 2.31. The lowest BCUT2D eigenvalue weighted by Gasteiger charge is -2.17. The van der Waals surface area contributed by atoms with E-state index in [9.17, 15) is 27.6 Å². The van der Waals surface area contributed by atoms with Crippen molar-refractivity contribution < 1.29 is 27.1 Å². The predicted octanol–water partition coefficient (Wildman–Crippen LogP) is 4.44. The van der Waals surface area contributed by atoms with E-state index < -0.39 is 40.5 Å². The Labute approximate surface area is 178 Å². The molecule has 5 nitrogen and oxygen atoms in total. The van der Waals surface area contributed by atoms with Crippen molar-refractivity contribution in [1.82, 2.24) is 5.32 Å². The van der Waals surface area contributed by atoms with Crippen LogP contribution >= 0.6 is 23.6 Å². The topological polar surface area (TPSA) is 74.2 Å². The molecule has 1 amide bonds.